The van der Waals surface area contributed by atoms with Crippen molar-refractivity contribution in [3.05, 3.63) is 20.3 Å². The fourth-order valence-electron chi connectivity index (χ4n) is 0.550. The van der Waals surface area contributed by atoms with E-state index in [1.807, 2.05) is 0 Å². The van der Waals surface area contributed by atoms with Crippen LogP contribution in [0.25, 0.3) is 0 Å². The minimum Gasteiger partial charge on any atom is -0.299 e. The quantitative estimate of drug-likeness (QED) is 0.740. The zero-order valence-corrected chi connectivity index (χ0v) is 7.26. The maximum absolute atomic E-state index is 5.71. The highest BCUT2D eigenvalue weighted by Gasteiger charge is 2.04. The van der Waals surface area contributed by atoms with Crippen LogP contribution in [0.2, 0.25) is 9.36 Å². The fourth-order valence-corrected chi connectivity index (χ4v) is 2.03. The Hall–Kier alpha value is 0.200. The van der Waals surface area contributed by atoms with Gasteiger partial charge in [0.25, 0.3) is 0 Å². The molecule has 0 saturated heterocycles. The van der Waals surface area contributed by atoms with Gasteiger partial charge in [0.05, 0.1) is 14.2 Å². The molecule has 0 aliphatic rings. The van der Waals surface area contributed by atoms with Crippen LogP contribution >= 0.6 is 34.5 Å². The van der Waals surface area contributed by atoms with Crippen LogP contribution in [0.3, 0.4) is 0 Å². The Morgan fingerprint density at radius 3 is 2.70 bits per heavy atom. The maximum atomic E-state index is 5.71. The molecule has 0 saturated carbocycles. The summed E-state index contributed by atoms with van der Waals surface area (Å²) in [5, 5.41) is 0.612. The third kappa shape index (κ3) is 1.84. The fraction of sp³-hybridized carbons (Fsp3) is 0.200. The number of thiophene rings is 1. The largest absolute Gasteiger partial charge is 0.299 e. The van der Waals surface area contributed by atoms with Gasteiger partial charge >= 0.3 is 0 Å². The average Bonchev–Trinajstić information content (AvgIpc) is 2.13. The lowest BCUT2D eigenvalue weighted by Crippen LogP contribution is -1.96. The molecule has 56 valence electrons. The van der Waals surface area contributed by atoms with Crippen molar-refractivity contribution in [1.82, 2.24) is 0 Å². The van der Waals surface area contributed by atoms with Gasteiger partial charge in [0, 0.05) is 0 Å². The number of rotatable bonds is 2. The van der Waals surface area contributed by atoms with Gasteiger partial charge in [-0.2, -0.15) is 0 Å². The second-order valence-electron chi connectivity index (χ2n) is 1.63. The van der Waals surface area contributed by atoms with Gasteiger partial charge < -0.3 is 0 Å². The van der Waals surface area contributed by atoms with Gasteiger partial charge in [-0.15, -0.1) is 11.3 Å². The minimum absolute atomic E-state index is 0.316. The first kappa shape index (κ1) is 8.30. The highest BCUT2D eigenvalue weighted by Crippen LogP contribution is 2.30. The summed E-state index contributed by atoms with van der Waals surface area (Å²) in [4.78, 5) is 5.25. The molecule has 2 N–H and O–H groups in total. The van der Waals surface area contributed by atoms with Crippen molar-refractivity contribution in [2.45, 2.75) is 6.61 Å². The Kier molecular flexibility index (Phi) is 2.95. The zero-order chi connectivity index (χ0) is 7.56. The first-order valence-electron chi connectivity index (χ1n) is 2.49. The number of hydrogen-bond donors (Lipinski definition) is 1. The Morgan fingerprint density at radius 2 is 2.30 bits per heavy atom. The summed E-state index contributed by atoms with van der Waals surface area (Å²) in [6, 6.07) is 1.67. The van der Waals surface area contributed by atoms with E-state index in [2.05, 4.69) is 4.84 Å². The Morgan fingerprint density at radius 1 is 1.60 bits per heavy atom. The van der Waals surface area contributed by atoms with Crippen LogP contribution in [0.1, 0.15) is 4.88 Å². The van der Waals surface area contributed by atoms with Gasteiger partial charge in [-0.3, -0.25) is 4.84 Å². The number of nitrogens with two attached hydrogens (primary N) is 1. The summed E-state index contributed by atoms with van der Waals surface area (Å²) in [5.74, 6) is 4.84. The Balaban J connectivity index is 2.81. The van der Waals surface area contributed by atoms with Crippen molar-refractivity contribution in [2.24, 2.45) is 5.90 Å². The van der Waals surface area contributed by atoms with E-state index in [1.54, 1.807) is 6.07 Å². The van der Waals surface area contributed by atoms with Crippen molar-refractivity contribution < 1.29 is 4.84 Å². The summed E-state index contributed by atoms with van der Waals surface area (Å²) in [5.41, 5.74) is 0. The van der Waals surface area contributed by atoms with Crippen molar-refractivity contribution in [3.8, 4) is 0 Å². The van der Waals surface area contributed by atoms with Crippen LogP contribution in [-0.4, -0.2) is 0 Å². The van der Waals surface area contributed by atoms with E-state index >= 15 is 0 Å². The lowest BCUT2D eigenvalue weighted by atomic mass is 10.5. The Bertz CT molecular complexity index is 225. The third-order valence-corrected chi connectivity index (χ3v) is 2.63. The van der Waals surface area contributed by atoms with E-state index in [-0.39, 0.29) is 0 Å². The molecule has 0 spiro atoms. The molecule has 5 heteroatoms. The molecule has 2 nitrogen and oxygen atoms in total. The van der Waals surface area contributed by atoms with Gasteiger partial charge in [0.15, 0.2) is 0 Å². The minimum atomic E-state index is 0.316. The lowest BCUT2D eigenvalue weighted by molar-refractivity contribution is 0.126. The SMILES string of the molecule is NOCc1sc(Cl)cc1Cl. The smallest absolute Gasteiger partial charge is 0.104 e. The summed E-state index contributed by atoms with van der Waals surface area (Å²) >= 11 is 12.7. The van der Waals surface area contributed by atoms with E-state index in [0.29, 0.717) is 16.0 Å². The summed E-state index contributed by atoms with van der Waals surface area (Å²) < 4.78 is 0.650. The predicted octanol–water partition coefficient (Wildman–Crippen LogP) is 2.45. The second-order valence-corrected chi connectivity index (χ2v) is 3.81. The lowest BCUT2D eigenvalue weighted by Gasteiger charge is -1.91. The molecule has 0 bridgehead atoms. The van der Waals surface area contributed by atoms with Crippen LogP contribution in [0.15, 0.2) is 6.07 Å². The first-order chi connectivity index (χ1) is 4.74. The molecule has 0 amide bonds. The first-order valence-corrected chi connectivity index (χ1v) is 4.06. The van der Waals surface area contributed by atoms with Crippen LogP contribution < -0.4 is 5.90 Å². The van der Waals surface area contributed by atoms with Gasteiger partial charge in [-0.1, -0.05) is 23.2 Å². The van der Waals surface area contributed by atoms with Crippen molar-refractivity contribution in [3.63, 3.8) is 0 Å². The van der Waals surface area contributed by atoms with Crippen molar-refractivity contribution in [2.75, 3.05) is 0 Å². The molecule has 0 aromatic carbocycles. The highest BCUT2D eigenvalue weighted by atomic mass is 35.5. The van der Waals surface area contributed by atoms with E-state index in [9.17, 15) is 0 Å². The Labute approximate surface area is 72.5 Å². The monoisotopic (exact) mass is 197 g/mol. The molecule has 10 heavy (non-hydrogen) atoms. The molecular formula is C5H5Cl2NOS. The van der Waals surface area contributed by atoms with E-state index in [1.165, 1.54) is 11.3 Å². The van der Waals surface area contributed by atoms with E-state index < -0.39 is 0 Å². The second kappa shape index (κ2) is 3.55. The zero-order valence-electron chi connectivity index (χ0n) is 4.93. The van der Waals surface area contributed by atoms with Crippen LogP contribution in [0, 0.1) is 0 Å². The molecule has 0 unspecified atom stereocenters. The van der Waals surface area contributed by atoms with Crippen molar-refractivity contribution in [1.29, 1.82) is 0 Å². The maximum Gasteiger partial charge on any atom is 0.104 e. The van der Waals surface area contributed by atoms with E-state index in [0.717, 1.165) is 4.88 Å². The van der Waals surface area contributed by atoms with Gasteiger partial charge in [0.1, 0.15) is 6.61 Å². The average molecular weight is 198 g/mol. The molecule has 0 aliphatic heterocycles. The highest BCUT2D eigenvalue weighted by molar-refractivity contribution is 7.16. The molecule has 0 fully saturated rings. The molecule has 0 atom stereocenters. The summed E-state index contributed by atoms with van der Waals surface area (Å²) in [7, 11) is 0. The van der Waals surface area contributed by atoms with Crippen LogP contribution in [-0.2, 0) is 11.4 Å². The van der Waals surface area contributed by atoms with E-state index in [4.69, 9.17) is 29.1 Å². The standard InChI is InChI=1S/C5H5Cl2NOS/c6-3-1-5(7)10-4(3)2-9-8/h1H,2,8H2. The van der Waals surface area contributed by atoms with Crippen LogP contribution in [0.5, 0.6) is 0 Å². The molecular weight excluding hydrogens is 193 g/mol. The van der Waals surface area contributed by atoms with Crippen LogP contribution in [0.4, 0.5) is 0 Å². The van der Waals surface area contributed by atoms with Crippen molar-refractivity contribution >= 4 is 34.5 Å². The predicted molar refractivity (Wildman–Crippen MR) is 43.3 cm³/mol. The molecule has 1 aromatic heterocycles. The normalized spacial score (nSPS) is 10.3. The topological polar surface area (TPSA) is 35.2 Å². The molecule has 0 aliphatic carbocycles. The summed E-state index contributed by atoms with van der Waals surface area (Å²) in [6.07, 6.45) is 0. The van der Waals surface area contributed by atoms with Gasteiger partial charge in [-0.05, 0) is 6.07 Å². The summed E-state index contributed by atoms with van der Waals surface area (Å²) in [6.45, 7) is 0.316. The van der Waals surface area contributed by atoms with Gasteiger partial charge in [0.2, 0.25) is 0 Å². The molecule has 1 aromatic rings. The number of halogens is 2. The molecule has 1 rings (SSSR count). The number of hydrogen-bond acceptors (Lipinski definition) is 3. The third-order valence-electron chi connectivity index (χ3n) is 0.942. The molecule has 0 radical (unpaired) electrons. The molecule has 1 heterocycles. The van der Waals surface area contributed by atoms with Gasteiger partial charge in [-0.25, -0.2) is 5.90 Å².